The summed E-state index contributed by atoms with van der Waals surface area (Å²) in [5, 5.41) is 0. The van der Waals surface area contributed by atoms with Crippen LogP contribution in [0.4, 0.5) is 0 Å². The zero-order chi connectivity index (χ0) is 9.68. The second-order valence-electron chi connectivity index (χ2n) is 4.45. The summed E-state index contributed by atoms with van der Waals surface area (Å²) in [6.07, 6.45) is 10.0. The zero-order valence-electron chi connectivity index (χ0n) is 9.05. The van der Waals surface area contributed by atoms with Gasteiger partial charge in [-0.05, 0) is 38.0 Å². The van der Waals surface area contributed by atoms with Crippen LogP contribution < -0.4 is 5.73 Å². The minimum Gasteiger partial charge on any atom is -0.327 e. The summed E-state index contributed by atoms with van der Waals surface area (Å²) in [7, 11) is 0. The van der Waals surface area contributed by atoms with Crippen LogP contribution in [0, 0.1) is 5.92 Å². The molecule has 0 spiro atoms. The van der Waals surface area contributed by atoms with E-state index < -0.39 is 0 Å². The van der Waals surface area contributed by atoms with Gasteiger partial charge in [-0.15, -0.1) is 0 Å². The lowest BCUT2D eigenvalue weighted by Crippen LogP contribution is -2.23. The fourth-order valence-corrected chi connectivity index (χ4v) is 2.22. The standard InChI is InChI=1S/C12H23N/c1-3-5-10(2)8-11-6-4-7-12(13)9-11/h8,10,12H,3-7,9,13H2,1-2H3/b11-8-. The van der Waals surface area contributed by atoms with Crippen LogP contribution in [0.25, 0.3) is 0 Å². The van der Waals surface area contributed by atoms with Gasteiger partial charge < -0.3 is 5.73 Å². The van der Waals surface area contributed by atoms with E-state index in [1.807, 2.05) is 0 Å². The van der Waals surface area contributed by atoms with Gasteiger partial charge in [0.2, 0.25) is 0 Å². The van der Waals surface area contributed by atoms with Gasteiger partial charge in [-0.1, -0.05) is 31.9 Å². The maximum Gasteiger partial charge on any atom is 0.00761 e. The fraction of sp³-hybridized carbons (Fsp3) is 0.833. The Balaban J connectivity index is 2.39. The highest BCUT2D eigenvalue weighted by atomic mass is 14.6. The summed E-state index contributed by atoms with van der Waals surface area (Å²) in [5.74, 6) is 0.755. The van der Waals surface area contributed by atoms with Crippen molar-refractivity contribution in [1.29, 1.82) is 0 Å². The molecule has 0 amide bonds. The van der Waals surface area contributed by atoms with Crippen molar-refractivity contribution in [1.82, 2.24) is 0 Å². The molecule has 1 fully saturated rings. The Morgan fingerprint density at radius 2 is 2.38 bits per heavy atom. The molecule has 0 aromatic rings. The number of hydrogen-bond donors (Lipinski definition) is 1. The first-order valence-corrected chi connectivity index (χ1v) is 5.67. The quantitative estimate of drug-likeness (QED) is 0.664. The van der Waals surface area contributed by atoms with Crippen LogP contribution in [0.3, 0.4) is 0 Å². The molecule has 0 radical (unpaired) electrons. The van der Waals surface area contributed by atoms with Gasteiger partial charge in [-0.2, -0.15) is 0 Å². The Kier molecular flexibility index (Phi) is 4.51. The minimum atomic E-state index is 0.439. The average Bonchev–Trinajstić information content (AvgIpc) is 2.04. The van der Waals surface area contributed by atoms with Gasteiger partial charge in [-0.25, -0.2) is 0 Å². The minimum absolute atomic E-state index is 0.439. The van der Waals surface area contributed by atoms with Gasteiger partial charge in [0, 0.05) is 6.04 Å². The summed E-state index contributed by atoms with van der Waals surface area (Å²) < 4.78 is 0. The SMILES string of the molecule is CCCC(C)/C=C1/CCCC(N)C1. The summed E-state index contributed by atoms with van der Waals surface area (Å²) >= 11 is 0. The van der Waals surface area contributed by atoms with E-state index in [0.29, 0.717) is 6.04 Å². The third kappa shape index (κ3) is 3.95. The van der Waals surface area contributed by atoms with E-state index in [9.17, 15) is 0 Å². The van der Waals surface area contributed by atoms with Gasteiger partial charge >= 0.3 is 0 Å². The number of hydrogen-bond acceptors (Lipinski definition) is 1. The maximum atomic E-state index is 5.93. The van der Waals surface area contributed by atoms with E-state index in [1.54, 1.807) is 5.57 Å². The second kappa shape index (κ2) is 5.43. The monoisotopic (exact) mass is 181 g/mol. The Morgan fingerprint density at radius 1 is 1.62 bits per heavy atom. The second-order valence-corrected chi connectivity index (χ2v) is 4.45. The Hall–Kier alpha value is -0.300. The zero-order valence-corrected chi connectivity index (χ0v) is 9.05. The van der Waals surface area contributed by atoms with Crippen molar-refractivity contribution in [2.75, 3.05) is 0 Å². The van der Waals surface area contributed by atoms with E-state index in [0.717, 1.165) is 12.3 Å². The van der Waals surface area contributed by atoms with E-state index in [4.69, 9.17) is 5.73 Å². The molecule has 0 aromatic heterocycles. The molecule has 2 unspecified atom stereocenters. The molecule has 1 saturated carbocycles. The van der Waals surface area contributed by atoms with Crippen molar-refractivity contribution in [3.05, 3.63) is 11.6 Å². The number of rotatable bonds is 3. The lowest BCUT2D eigenvalue weighted by atomic mass is 9.88. The molecular weight excluding hydrogens is 158 g/mol. The molecule has 0 bridgehead atoms. The highest BCUT2D eigenvalue weighted by molar-refractivity contribution is 5.08. The first-order valence-electron chi connectivity index (χ1n) is 5.67. The van der Waals surface area contributed by atoms with E-state index in [2.05, 4.69) is 19.9 Å². The maximum absolute atomic E-state index is 5.93. The van der Waals surface area contributed by atoms with Crippen molar-refractivity contribution in [3.8, 4) is 0 Å². The molecule has 0 saturated heterocycles. The van der Waals surface area contributed by atoms with Gasteiger partial charge in [0.25, 0.3) is 0 Å². The fourth-order valence-electron chi connectivity index (χ4n) is 2.22. The van der Waals surface area contributed by atoms with Gasteiger partial charge in [0.15, 0.2) is 0 Å². The van der Waals surface area contributed by atoms with Crippen molar-refractivity contribution in [3.63, 3.8) is 0 Å². The van der Waals surface area contributed by atoms with Crippen LogP contribution in [-0.4, -0.2) is 6.04 Å². The number of allylic oxidation sites excluding steroid dienone is 1. The molecule has 2 atom stereocenters. The third-order valence-electron chi connectivity index (χ3n) is 2.86. The molecule has 1 rings (SSSR count). The predicted molar refractivity (Wildman–Crippen MR) is 58.6 cm³/mol. The van der Waals surface area contributed by atoms with Gasteiger partial charge in [-0.3, -0.25) is 0 Å². The van der Waals surface area contributed by atoms with Crippen molar-refractivity contribution in [2.45, 2.75) is 58.4 Å². The Labute approximate surface area is 82.4 Å². The van der Waals surface area contributed by atoms with Crippen LogP contribution in [0.5, 0.6) is 0 Å². The predicted octanol–water partition coefficient (Wildman–Crippen LogP) is 3.25. The summed E-state index contributed by atoms with van der Waals surface area (Å²) in [6.45, 7) is 4.57. The summed E-state index contributed by atoms with van der Waals surface area (Å²) in [5.41, 5.74) is 7.54. The van der Waals surface area contributed by atoms with Gasteiger partial charge in [0.05, 0.1) is 0 Å². The third-order valence-corrected chi connectivity index (χ3v) is 2.86. The Morgan fingerprint density at radius 3 is 3.00 bits per heavy atom. The molecule has 0 heterocycles. The van der Waals surface area contributed by atoms with Crippen molar-refractivity contribution < 1.29 is 0 Å². The molecule has 0 aromatic carbocycles. The van der Waals surface area contributed by atoms with Crippen LogP contribution >= 0.6 is 0 Å². The van der Waals surface area contributed by atoms with Crippen LogP contribution in [0.15, 0.2) is 11.6 Å². The van der Waals surface area contributed by atoms with Crippen LogP contribution in [0.1, 0.15) is 52.4 Å². The molecule has 1 aliphatic rings. The summed E-state index contributed by atoms with van der Waals surface area (Å²) in [6, 6.07) is 0.439. The van der Waals surface area contributed by atoms with Crippen molar-refractivity contribution in [2.24, 2.45) is 11.7 Å². The number of nitrogens with two attached hydrogens (primary N) is 1. The normalized spacial score (nSPS) is 29.2. The largest absolute Gasteiger partial charge is 0.327 e. The van der Waals surface area contributed by atoms with Crippen LogP contribution in [0.2, 0.25) is 0 Å². The lowest BCUT2D eigenvalue weighted by Gasteiger charge is -2.21. The summed E-state index contributed by atoms with van der Waals surface area (Å²) in [4.78, 5) is 0. The molecule has 13 heavy (non-hydrogen) atoms. The highest BCUT2D eigenvalue weighted by Gasteiger charge is 2.13. The van der Waals surface area contributed by atoms with Crippen molar-refractivity contribution >= 4 is 0 Å². The van der Waals surface area contributed by atoms with E-state index in [1.165, 1.54) is 32.1 Å². The average molecular weight is 181 g/mol. The molecule has 1 aliphatic carbocycles. The van der Waals surface area contributed by atoms with E-state index >= 15 is 0 Å². The van der Waals surface area contributed by atoms with E-state index in [-0.39, 0.29) is 0 Å². The first-order chi connectivity index (χ1) is 6.22. The molecule has 1 nitrogen and oxygen atoms in total. The van der Waals surface area contributed by atoms with Crippen LogP contribution in [-0.2, 0) is 0 Å². The molecule has 0 aliphatic heterocycles. The van der Waals surface area contributed by atoms with Gasteiger partial charge in [0.1, 0.15) is 0 Å². The Bertz CT molecular complexity index is 172. The molecule has 2 N–H and O–H groups in total. The lowest BCUT2D eigenvalue weighted by molar-refractivity contribution is 0.508. The highest BCUT2D eigenvalue weighted by Crippen LogP contribution is 2.24. The topological polar surface area (TPSA) is 26.0 Å². The smallest absolute Gasteiger partial charge is 0.00761 e. The first kappa shape index (κ1) is 10.8. The molecular formula is C12H23N. The molecule has 1 heteroatoms. The molecule has 76 valence electrons.